The third kappa shape index (κ3) is 1.72. The molecule has 0 fully saturated rings. The van der Waals surface area contributed by atoms with Crippen molar-refractivity contribution in [3.63, 3.8) is 0 Å². The molecule has 0 bridgehead atoms. The van der Waals surface area contributed by atoms with Crippen LogP contribution in [-0.2, 0) is 5.88 Å². The lowest BCUT2D eigenvalue weighted by Gasteiger charge is -2.06. The van der Waals surface area contributed by atoms with Crippen LogP contribution >= 0.6 is 11.6 Å². The van der Waals surface area contributed by atoms with Crippen LogP contribution in [0.15, 0.2) is 12.3 Å². The van der Waals surface area contributed by atoms with Crippen LogP contribution < -0.4 is 0 Å². The van der Waals surface area contributed by atoms with Crippen LogP contribution in [0.2, 0.25) is 0 Å². The van der Waals surface area contributed by atoms with Gasteiger partial charge in [0.15, 0.2) is 0 Å². The number of aromatic nitrogens is 1. The van der Waals surface area contributed by atoms with Crippen LogP contribution in [-0.4, -0.2) is 4.98 Å². The maximum Gasteiger partial charge on any atom is 0.280 e. The van der Waals surface area contributed by atoms with Gasteiger partial charge in [0.05, 0.1) is 0 Å². The molecule has 1 aromatic heterocycles. The Hall–Kier alpha value is -0.700. The summed E-state index contributed by atoms with van der Waals surface area (Å²) in [7, 11) is 0. The number of nitrogens with zero attached hydrogens (tertiary/aromatic N) is 1. The van der Waals surface area contributed by atoms with Gasteiger partial charge < -0.3 is 0 Å². The third-order valence-electron chi connectivity index (χ3n) is 1.71. The van der Waals surface area contributed by atoms with Crippen molar-refractivity contribution in [2.75, 3.05) is 0 Å². The molecule has 0 aliphatic heterocycles. The second kappa shape index (κ2) is 3.81. The highest BCUT2D eigenvalue weighted by molar-refractivity contribution is 6.17. The first-order valence-corrected chi connectivity index (χ1v) is 3.98. The molecule has 0 aliphatic rings. The summed E-state index contributed by atoms with van der Waals surface area (Å²) in [5, 5.41) is 0. The summed E-state index contributed by atoms with van der Waals surface area (Å²) >= 11 is 5.54. The molecule has 4 heteroatoms. The van der Waals surface area contributed by atoms with E-state index in [4.69, 9.17) is 11.6 Å². The number of hydrogen-bond donors (Lipinski definition) is 0. The number of rotatable bonds is 2. The highest BCUT2D eigenvalue weighted by Crippen LogP contribution is 2.22. The van der Waals surface area contributed by atoms with Gasteiger partial charge >= 0.3 is 0 Å². The van der Waals surface area contributed by atoms with Gasteiger partial charge in [-0.25, -0.2) is 8.78 Å². The summed E-state index contributed by atoms with van der Waals surface area (Å²) in [6.45, 7) is 1.60. The predicted octanol–water partition coefficient (Wildman–Crippen LogP) is 3.07. The summed E-state index contributed by atoms with van der Waals surface area (Å²) in [6.07, 6.45) is -1.17. The molecule has 0 radical (unpaired) electrons. The smallest absolute Gasteiger partial charge is 0.255 e. The van der Waals surface area contributed by atoms with E-state index in [9.17, 15) is 8.78 Å². The van der Waals surface area contributed by atoms with Gasteiger partial charge in [-0.2, -0.15) is 0 Å². The topological polar surface area (TPSA) is 12.9 Å². The standard InChI is InChI=1S/C8H8ClF2N/c1-5-6(4-9)2-3-12-7(5)8(10)11/h2-3,8H,4H2,1H3. The van der Waals surface area contributed by atoms with E-state index in [1.54, 1.807) is 13.0 Å². The molecule has 0 N–H and O–H groups in total. The van der Waals surface area contributed by atoms with Crippen LogP contribution in [0.5, 0.6) is 0 Å². The van der Waals surface area contributed by atoms with Crippen LogP contribution in [0.25, 0.3) is 0 Å². The quantitative estimate of drug-likeness (QED) is 0.655. The monoisotopic (exact) mass is 191 g/mol. The first-order valence-electron chi connectivity index (χ1n) is 3.45. The van der Waals surface area contributed by atoms with E-state index in [1.165, 1.54) is 6.20 Å². The van der Waals surface area contributed by atoms with Crippen LogP contribution in [0.1, 0.15) is 23.2 Å². The van der Waals surface area contributed by atoms with Crippen LogP contribution in [0, 0.1) is 6.92 Å². The molecule has 0 saturated carbocycles. The van der Waals surface area contributed by atoms with Gasteiger partial charge in [0.25, 0.3) is 6.43 Å². The highest BCUT2D eigenvalue weighted by Gasteiger charge is 2.13. The second-order valence-electron chi connectivity index (χ2n) is 2.41. The minimum Gasteiger partial charge on any atom is -0.255 e. The van der Waals surface area contributed by atoms with Gasteiger partial charge in [0.2, 0.25) is 0 Å². The fourth-order valence-corrected chi connectivity index (χ4v) is 1.25. The lowest BCUT2D eigenvalue weighted by Crippen LogP contribution is -1.97. The van der Waals surface area contributed by atoms with Crippen molar-refractivity contribution in [3.05, 3.63) is 29.1 Å². The van der Waals surface area contributed by atoms with E-state index in [0.717, 1.165) is 0 Å². The summed E-state index contributed by atoms with van der Waals surface area (Å²) in [6, 6.07) is 1.65. The van der Waals surface area contributed by atoms with Crippen LogP contribution in [0.4, 0.5) is 8.78 Å². The molecule has 1 heterocycles. The van der Waals surface area contributed by atoms with Gasteiger partial charge in [-0.3, -0.25) is 4.98 Å². The number of halogens is 3. The minimum absolute atomic E-state index is 0.173. The molecule has 0 amide bonds. The first kappa shape index (κ1) is 9.39. The minimum atomic E-state index is -2.52. The number of alkyl halides is 3. The van der Waals surface area contributed by atoms with Crippen molar-refractivity contribution >= 4 is 11.6 Å². The Labute approximate surface area is 74.4 Å². The molecule has 0 unspecified atom stereocenters. The lowest BCUT2D eigenvalue weighted by atomic mass is 10.1. The van der Waals surface area contributed by atoms with Crippen molar-refractivity contribution in [2.24, 2.45) is 0 Å². The van der Waals surface area contributed by atoms with E-state index in [1.807, 2.05) is 0 Å². The van der Waals surface area contributed by atoms with E-state index < -0.39 is 6.43 Å². The molecule has 66 valence electrons. The maximum atomic E-state index is 12.2. The predicted molar refractivity (Wildman–Crippen MR) is 43.5 cm³/mol. The van der Waals surface area contributed by atoms with Crippen molar-refractivity contribution in [3.8, 4) is 0 Å². The zero-order valence-corrected chi connectivity index (χ0v) is 7.28. The van der Waals surface area contributed by atoms with Crippen molar-refractivity contribution in [1.82, 2.24) is 4.98 Å². The van der Waals surface area contributed by atoms with Crippen molar-refractivity contribution < 1.29 is 8.78 Å². The van der Waals surface area contributed by atoms with Gasteiger partial charge in [0.1, 0.15) is 5.69 Å². The molecule has 1 rings (SSSR count). The highest BCUT2D eigenvalue weighted by atomic mass is 35.5. The molecule has 0 saturated heterocycles. The van der Waals surface area contributed by atoms with Gasteiger partial charge in [-0.15, -0.1) is 11.6 Å². The van der Waals surface area contributed by atoms with Gasteiger partial charge in [0, 0.05) is 12.1 Å². The van der Waals surface area contributed by atoms with Gasteiger partial charge in [-0.1, -0.05) is 0 Å². The van der Waals surface area contributed by atoms with Crippen LogP contribution in [0.3, 0.4) is 0 Å². The Morgan fingerprint density at radius 2 is 2.25 bits per heavy atom. The summed E-state index contributed by atoms with van der Waals surface area (Å²) in [5.74, 6) is 0.244. The summed E-state index contributed by atoms with van der Waals surface area (Å²) < 4.78 is 24.5. The average Bonchev–Trinajstić information content (AvgIpc) is 2.04. The van der Waals surface area contributed by atoms with E-state index >= 15 is 0 Å². The molecule has 0 spiro atoms. The number of pyridine rings is 1. The fourth-order valence-electron chi connectivity index (χ4n) is 0.959. The summed E-state index contributed by atoms with van der Waals surface area (Å²) in [4.78, 5) is 3.58. The lowest BCUT2D eigenvalue weighted by molar-refractivity contribution is 0.145. The Morgan fingerprint density at radius 3 is 2.75 bits per heavy atom. The molecule has 0 aliphatic carbocycles. The van der Waals surface area contributed by atoms with Crippen molar-refractivity contribution in [1.29, 1.82) is 0 Å². The second-order valence-corrected chi connectivity index (χ2v) is 2.68. The molecule has 0 atom stereocenters. The normalized spacial score (nSPS) is 10.8. The zero-order chi connectivity index (χ0) is 9.14. The van der Waals surface area contributed by atoms with E-state index in [-0.39, 0.29) is 11.6 Å². The average molecular weight is 192 g/mol. The Morgan fingerprint density at radius 1 is 1.58 bits per heavy atom. The largest absolute Gasteiger partial charge is 0.280 e. The molecular weight excluding hydrogens is 184 g/mol. The fraction of sp³-hybridized carbons (Fsp3) is 0.375. The van der Waals surface area contributed by atoms with E-state index in [2.05, 4.69) is 4.98 Å². The third-order valence-corrected chi connectivity index (χ3v) is 1.99. The first-order chi connectivity index (χ1) is 5.66. The summed E-state index contributed by atoms with van der Waals surface area (Å²) in [5.41, 5.74) is 1.03. The Kier molecular flexibility index (Phi) is 2.98. The molecule has 1 aromatic rings. The Bertz CT molecular complexity index is 276. The van der Waals surface area contributed by atoms with Crippen molar-refractivity contribution in [2.45, 2.75) is 19.2 Å². The number of hydrogen-bond acceptors (Lipinski definition) is 1. The van der Waals surface area contributed by atoms with Gasteiger partial charge in [-0.05, 0) is 24.1 Å². The zero-order valence-electron chi connectivity index (χ0n) is 6.52. The maximum absolute atomic E-state index is 12.2. The molecule has 1 nitrogen and oxygen atoms in total. The molecule has 12 heavy (non-hydrogen) atoms. The molecular formula is C8H8ClF2N. The molecule has 0 aromatic carbocycles. The SMILES string of the molecule is Cc1c(CCl)ccnc1C(F)F. The van der Waals surface area contributed by atoms with E-state index in [0.29, 0.717) is 11.1 Å². The Balaban J connectivity index is 3.14.